The van der Waals surface area contributed by atoms with Gasteiger partial charge in [0.2, 0.25) is 0 Å². The number of nitrogens with one attached hydrogen (secondary N) is 1. The van der Waals surface area contributed by atoms with Gasteiger partial charge in [0.05, 0.1) is 13.3 Å². The van der Waals surface area contributed by atoms with Crippen LogP contribution in [0.5, 0.6) is 0 Å². The van der Waals surface area contributed by atoms with Crippen molar-refractivity contribution >= 4 is 11.6 Å². The van der Waals surface area contributed by atoms with Crippen molar-refractivity contribution in [1.82, 2.24) is 4.90 Å². The molecule has 3 rings (SSSR count). The summed E-state index contributed by atoms with van der Waals surface area (Å²) in [6, 6.07) is 5.75. The smallest absolute Gasteiger partial charge is 0.316 e. The lowest BCUT2D eigenvalue weighted by Gasteiger charge is -2.30. The van der Waals surface area contributed by atoms with Crippen LogP contribution in [0.2, 0.25) is 0 Å². The highest BCUT2D eigenvalue weighted by atomic mass is 16.5. The predicted molar refractivity (Wildman–Crippen MR) is 159 cm³/mol. The van der Waals surface area contributed by atoms with Crippen LogP contribution < -0.4 is 5.32 Å². The summed E-state index contributed by atoms with van der Waals surface area (Å²) in [5.41, 5.74) is 5.00. The van der Waals surface area contributed by atoms with Crippen LogP contribution in [0.4, 0.5) is 5.69 Å². The van der Waals surface area contributed by atoms with Crippen LogP contribution >= 0.6 is 0 Å². The molecule has 6 nitrogen and oxygen atoms in total. The van der Waals surface area contributed by atoms with Crippen molar-refractivity contribution in [2.45, 2.75) is 78.7 Å². The number of anilines is 1. The molecule has 1 amide bonds. The monoisotopic (exact) mass is 521 g/mol. The average Bonchev–Trinajstić information content (AvgIpc) is 3.42. The fourth-order valence-corrected chi connectivity index (χ4v) is 4.89. The summed E-state index contributed by atoms with van der Waals surface area (Å²) in [6.45, 7) is 15.9. The lowest BCUT2D eigenvalue weighted by atomic mass is 9.95. The highest BCUT2D eigenvalue weighted by Gasteiger charge is 2.17. The molecule has 1 saturated carbocycles. The molecule has 6 heteroatoms. The van der Waals surface area contributed by atoms with E-state index in [1.807, 2.05) is 25.1 Å². The van der Waals surface area contributed by atoms with Crippen LogP contribution in [0.1, 0.15) is 81.6 Å². The van der Waals surface area contributed by atoms with Gasteiger partial charge in [-0.05, 0) is 88.1 Å². The van der Waals surface area contributed by atoms with Crippen LogP contribution in [0.3, 0.4) is 0 Å². The number of allylic oxidation sites excluding steroid dienone is 5. The van der Waals surface area contributed by atoms with Crippen LogP contribution in [-0.2, 0) is 4.74 Å². The zero-order valence-electron chi connectivity index (χ0n) is 23.9. The second-order valence-corrected chi connectivity index (χ2v) is 10.5. The van der Waals surface area contributed by atoms with Crippen LogP contribution in [0.25, 0.3) is 0 Å². The minimum Gasteiger partial charge on any atom is -0.382 e. The molecule has 1 aliphatic carbocycles. The Labute approximate surface area is 229 Å². The van der Waals surface area contributed by atoms with E-state index in [0.29, 0.717) is 18.2 Å². The van der Waals surface area contributed by atoms with Gasteiger partial charge >= 0.3 is 5.91 Å². The molecule has 38 heavy (non-hydrogen) atoms. The Hall–Kier alpha value is -2.83. The zero-order chi connectivity index (χ0) is 27.8. The van der Waals surface area contributed by atoms with Crippen molar-refractivity contribution in [3.8, 4) is 0 Å². The third kappa shape index (κ3) is 11.7. The molecule has 1 heterocycles. The first kappa shape index (κ1) is 31.4. The third-order valence-electron chi connectivity index (χ3n) is 6.91. The van der Waals surface area contributed by atoms with E-state index in [2.05, 4.69) is 61.0 Å². The number of rotatable bonds is 11. The lowest BCUT2D eigenvalue weighted by molar-refractivity contribution is 0.0252. The summed E-state index contributed by atoms with van der Waals surface area (Å²) in [7, 11) is 0. The number of likely N-dealkylation sites (tertiary alicyclic amines) is 1. The second-order valence-electron chi connectivity index (χ2n) is 10.5. The van der Waals surface area contributed by atoms with E-state index in [1.165, 1.54) is 49.7 Å². The van der Waals surface area contributed by atoms with Gasteiger partial charge in [0.1, 0.15) is 0 Å². The molecule has 0 radical (unpaired) electrons. The Morgan fingerprint density at radius 3 is 2.47 bits per heavy atom. The van der Waals surface area contributed by atoms with Gasteiger partial charge in [-0.15, -0.1) is 4.91 Å². The molecular weight excluding hydrogens is 474 g/mol. The number of aryl methyl sites for hydroxylation is 1. The highest BCUT2D eigenvalue weighted by Crippen LogP contribution is 2.25. The van der Waals surface area contributed by atoms with Gasteiger partial charge in [0, 0.05) is 35.6 Å². The summed E-state index contributed by atoms with van der Waals surface area (Å²) in [4.78, 5) is 23.7. The van der Waals surface area contributed by atoms with Crippen molar-refractivity contribution < 1.29 is 9.53 Å². The highest BCUT2D eigenvalue weighted by molar-refractivity contribution is 5.95. The Balaban J connectivity index is 0.000000272. The first-order valence-corrected chi connectivity index (χ1v) is 14.0. The Morgan fingerprint density at radius 2 is 1.89 bits per heavy atom. The topological polar surface area (TPSA) is 71.0 Å². The Bertz CT molecular complexity index is 978. The van der Waals surface area contributed by atoms with E-state index in [1.54, 1.807) is 12.1 Å². The van der Waals surface area contributed by atoms with E-state index in [4.69, 9.17) is 4.74 Å². The molecule has 0 bridgehead atoms. The second kappa shape index (κ2) is 17.6. The number of nitroso groups, excluding NO2 is 1. The predicted octanol–water partition coefficient (Wildman–Crippen LogP) is 7.97. The summed E-state index contributed by atoms with van der Waals surface area (Å²) in [5, 5.41) is 5.90. The number of amides is 1. The molecule has 2 fully saturated rings. The molecule has 0 unspecified atom stereocenters. The van der Waals surface area contributed by atoms with Crippen molar-refractivity contribution in [2.75, 3.05) is 31.7 Å². The minimum atomic E-state index is -0.708. The first-order chi connectivity index (χ1) is 18.4. The molecule has 1 aromatic rings. The fourth-order valence-electron chi connectivity index (χ4n) is 4.89. The van der Waals surface area contributed by atoms with Gasteiger partial charge < -0.3 is 10.1 Å². The fraction of sp³-hybridized carbons (Fsp3) is 0.531. The van der Waals surface area contributed by atoms with Gasteiger partial charge in [0.25, 0.3) is 0 Å². The molecule has 0 atom stereocenters. The normalized spacial score (nSPS) is 17.1. The maximum Gasteiger partial charge on any atom is 0.316 e. The molecule has 1 saturated heterocycles. The summed E-state index contributed by atoms with van der Waals surface area (Å²) in [5.74, 6) is 0.0514. The molecule has 1 N–H and O–H groups in total. The first-order valence-electron chi connectivity index (χ1n) is 14.0. The number of carbonyl (C=O) groups excluding carboxylic acids is 1. The molecule has 2 aliphatic rings. The van der Waals surface area contributed by atoms with E-state index < -0.39 is 5.91 Å². The summed E-state index contributed by atoms with van der Waals surface area (Å²) < 4.78 is 5.84. The molecule has 0 aromatic heterocycles. The van der Waals surface area contributed by atoms with E-state index in [0.717, 1.165) is 43.4 Å². The van der Waals surface area contributed by atoms with Crippen molar-refractivity contribution in [3.63, 3.8) is 0 Å². The van der Waals surface area contributed by atoms with Crippen molar-refractivity contribution in [1.29, 1.82) is 0 Å². The molecule has 1 aliphatic heterocycles. The molecule has 208 valence electrons. The maximum atomic E-state index is 11.1. The number of carbonyl (C=O) groups is 1. The number of ether oxygens (including phenoxy) is 1. The number of benzene rings is 1. The third-order valence-corrected chi connectivity index (χ3v) is 6.91. The largest absolute Gasteiger partial charge is 0.382 e. The Morgan fingerprint density at radius 1 is 1.18 bits per heavy atom. The van der Waals surface area contributed by atoms with Gasteiger partial charge in [-0.3, -0.25) is 9.69 Å². The van der Waals surface area contributed by atoms with Gasteiger partial charge in [-0.1, -0.05) is 62.3 Å². The van der Waals surface area contributed by atoms with Gasteiger partial charge in [-0.25, -0.2) is 0 Å². The molecule has 1 aromatic carbocycles. The van der Waals surface area contributed by atoms with Crippen LogP contribution in [0.15, 0.2) is 71.5 Å². The van der Waals surface area contributed by atoms with E-state index in [9.17, 15) is 9.70 Å². The Kier molecular flexibility index (Phi) is 14.6. The minimum absolute atomic E-state index is 0.356. The van der Waals surface area contributed by atoms with Crippen molar-refractivity contribution in [2.24, 2.45) is 11.1 Å². The summed E-state index contributed by atoms with van der Waals surface area (Å²) in [6.07, 6.45) is 19.1. The maximum absolute atomic E-state index is 11.1. The van der Waals surface area contributed by atoms with Crippen molar-refractivity contribution in [3.05, 3.63) is 82.3 Å². The number of nitrogens with zero attached hydrogens (tertiary/aromatic N) is 2. The molecular formula is C32H47N3O3. The lowest BCUT2D eigenvalue weighted by Crippen LogP contribution is -2.35. The number of piperidine rings is 1. The van der Waals surface area contributed by atoms with Gasteiger partial charge in [-0.2, -0.15) is 0 Å². The molecule has 0 spiro atoms. The zero-order valence-corrected chi connectivity index (χ0v) is 23.9. The van der Waals surface area contributed by atoms with Gasteiger partial charge in [0.15, 0.2) is 0 Å². The SMILES string of the molecule is C=C/C=C(\C=C/CC)COCN1CCC(C=C(C)C)CC1.Cc1cc(C(=O)N=O)ccc1NC1CCCC1. The van der Waals surface area contributed by atoms with Crippen LogP contribution in [0, 0.1) is 17.7 Å². The number of hydrogen-bond donors (Lipinski definition) is 1. The van der Waals surface area contributed by atoms with E-state index >= 15 is 0 Å². The standard InChI is InChI=1S/C19H31NO.C13H16N2O2/c1-5-7-9-19(8-6-2)15-21-16-20-12-10-18(11-13-20)14-17(3)4;1-9-8-10(13(16)15-17)6-7-12(9)14-11-4-2-3-5-11/h6-9,14,18H,2,5,10-13,15-16H2,1,3-4H3;6-8,11,14H,2-5H2,1H3/b9-7-,19-8+;. The number of hydrogen-bond acceptors (Lipinski definition) is 5. The average molecular weight is 522 g/mol. The van der Waals surface area contributed by atoms with E-state index in [-0.39, 0.29) is 0 Å². The quantitative estimate of drug-likeness (QED) is 0.182. The van der Waals surface area contributed by atoms with Crippen LogP contribution in [-0.4, -0.2) is 43.3 Å². The summed E-state index contributed by atoms with van der Waals surface area (Å²) >= 11 is 0.